The summed E-state index contributed by atoms with van der Waals surface area (Å²) in [6.45, 7) is 0.441. The van der Waals surface area contributed by atoms with Crippen LogP contribution in [-0.4, -0.2) is 22.9 Å². The summed E-state index contributed by atoms with van der Waals surface area (Å²) in [4.78, 5) is 3.58. The number of rotatable bonds is 4. The Hall–Kier alpha value is -1.11. The largest absolute Gasteiger partial charge is 0.396 e. The predicted octanol–water partition coefficient (Wildman–Crippen LogP) is 1.07. The van der Waals surface area contributed by atoms with E-state index >= 15 is 0 Å². The second-order valence-electron chi connectivity index (χ2n) is 2.79. The number of nitrogens with zero attached hydrogens (tertiary/aromatic N) is 2. The van der Waals surface area contributed by atoms with Gasteiger partial charge in [-0.2, -0.15) is 18.2 Å². The van der Waals surface area contributed by atoms with Gasteiger partial charge in [-0.1, -0.05) is 5.16 Å². The molecule has 7 heteroatoms. The first-order valence-electron chi connectivity index (χ1n) is 4.09. The van der Waals surface area contributed by atoms with E-state index in [1.54, 1.807) is 0 Å². The summed E-state index contributed by atoms with van der Waals surface area (Å²) < 4.78 is 40.2. The quantitative estimate of drug-likeness (QED) is 0.805. The molecule has 0 saturated heterocycles. The lowest BCUT2D eigenvalue weighted by Crippen LogP contribution is -2.12. The monoisotopic (exact) mass is 209 g/mol. The second-order valence-corrected chi connectivity index (χ2v) is 2.79. The zero-order chi connectivity index (χ0) is 10.6. The summed E-state index contributed by atoms with van der Waals surface area (Å²) in [6, 6.07) is 0. The summed E-state index contributed by atoms with van der Waals surface area (Å²) in [6.07, 6.45) is -4.41. The number of alkyl halides is 3. The van der Waals surface area contributed by atoms with Crippen LogP contribution in [0.2, 0.25) is 0 Å². The molecular formula is C7H10F3N3O. The van der Waals surface area contributed by atoms with Crippen LogP contribution in [0.15, 0.2) is 4.52 Å². The van der Waals surface area contributed by atoms with E-state index in [4.69, 9.17) is 5.73 Å². The number of aromatic nitrogens is 2. The molecule has 14 heavy (non-hydrogen) atoms. The fourth-order valence-electron chi connectivity index (χ4n) is 0.896. The third-order valence-corrected chi connectivity index (χ3v) is 1.46. The Morgan fingerprint density at radius 1 is 1.36 bits per heavy atom. The number of aryl methyl sites for hydroxylation is 1. The molecule has 0 radical (unpaired) electrons. The van der Waals surface area contributed by atoms with Crippen molar-refractivity contribution < 1.29 is 17.7 Å². The van der Waals surface area contributed by atoms with Gasteiger partial charge in [0.25, 0.3) is 0 Å². The zero-order valence-corrected chi connectivity index (χ0v) is 7.34. The van der Waals surface area contributed by atoms with Gasteiger partial charge in [0.05, 0.1) is 0 Å². The Bertz CT molecular complexity index is 284. The van der Waals surface area contributed by atoms with Gasteiger partial charge < -0.3 is 10.3 Å². The molecule has 1 aromatic heterocycles. The fraction of sp³-hybridized carbons (Fsp3) is 0.714. The van der Waals surface area contributed by atoms with Crippen molar-refractivity contribution in [2.45, 2.75) is 25.4 Å². The van der Waals surface area contributed by atoms with Gasteiger partial charge in [0.15, 0.2) is 5.82 Å². The maximum absolute atomic E-state index is 11.9. The minimum Gasteiger partial charge on any atom is -0.339 e. The van der Waals surface area contributed by atoms with Crippen molar-refractivity contribution in [3.63, 3.8) is 0 Å². The molecule has 0 fully saturated rings. The number of halogens is 3. The van der Waals surface area contributed by atoms with E-state index in [1.807, 2.05) is 0 Å². The highest BCUT2D eigenvalue weighted by Crippen LogP contribution is 2.19. The van der Waals surface area contributed by atoms with E-state index in [9.17, 15) is 13.2 Å². The Morgan fingerprint density at radius 2 is 2.07 bits per heavy atom. The fourth-order valence-corrected chi connectivity index (χ4v) is 0.896. The lowest BCUT2D eigenvalue weighted by Gasteiger charge is -1.99. The molecule has 4 nitrogen and oxygen atoms in total. The third kappa shape index (κ3) is 3.73. The predicted molar refractivity (Wildman–Crippen MR) is 41.4 cm³/mol. The van der Waals surface area contributed by atoms with Crippen molar-refractivity contribution in [3.8, 4) is 0 Å². The van der Waals surface area contributed by atoms with Crippen molar-refractivity contribution in [2.24, 2.45) is 5.73 Å². The molecule has 1 rings (SSSR count). The molecule has 0 atom stereocenters. The lowest BCUT2D eigenvalue weighted by molar-refractivity contribution is -0.128. The Morgan fingerprint density at radius 3 is 2.64 bits per heavy atom. The van der Waals surface area contributed by atoms with E-state index in [0.29, 0.717) is 19.4 Å². The molecule has 0 saturated carbocycles. The maximum atomic E-state index is 11.9. The molecule has 0 bridgehead atoms. The molecule has 2 N–H and O–H groups in total. The van der Waals surface area contributed by atoms with Crippen molar-refractivity contribution in [1.82, 2.24) is 10.1 Å². The van der Waals surface area contributed by atoms with Crippen molar-refractivity contribution in [1.29, 1.82) is 0 Å². The SMILES string of the molecule is NCCCc1nc(CC(F)(F)F)no1. The lowest BCUT2D eigenvalue weighted by atomic mass is 10.3. The highest BCUT2D eigenvalue weighted by atomic mass is 19.4. The van der Waals surface area contributed by atoms with Crippen LogP contribution in [0.4, 0.5) is 13.2 Å². The summed E-state index contributed by atoms with van der Waals surface area (Å²) >= 11 is 0. The van der Waals surface area contributed by atoms with Gasteiger partial charge in [-0.25, -0.2) is 0 Å². The molecular weight excluding hydrogens is 199 g/mol. The molecule has 0 aliphatic heterocycles. The van der Waals surface area contributed by atoms with Crippen LogP contribution in [-0.2, 0) is 12.8 Å². The van der Waals surface area contributed by atoms with Gasteiger partial charge >= 0.3 is 6.18 Å². The maximum Gasteiger partial charge on any atom is 0.396 e. The van der Waals surface area contributed by atoms with E-state index in [1.165, 1.54) is 0 Å². The molecule has 0 spiro atoms. The van der Waals surface area contributed by atoms with Gasteiger partial charge in [-0.3, -0.25) is 0 Å². The molecule has 0 unspecified atom stereocenters. The number of hydrogen-bond donors (Lipinski definition) is 1. The standard InChI is InChI=1S/C7H10F3N3O/c8-7(9,10)4-5-12-6(14-13-5)2-1-3-11/h1-4,11H2. The smallest absolute Gasteiger partial charge is 0.339 e. The van der Waals surface area contributed by atoms with Crippen molar-refractivity contribution in [3.05, 3.63) is 11.7 Å². The molecule has 0 aromatic carbocycles. The first-order chi connectivity index (χ1) is 6.51. The van der Waals surface area contributed by atoms with Gasteiger partial charge in [0.2, 0.25) is 5.89 Å². The minimum atomic E-state index is -4.30. The first-order valence-corrected chi connectivity index (χ1v) is 4.09. The average molecular weight is 209 g/mol. The summed E-state index contributed by atoms with van der Waals surface area (Å²) in [7, 11) is 0. The van der Waals surface area contributed by atoms with E-state index in [2.05, 4.69) is 14.7 Å². The summed E-state index contributed by atoms with van der Waals surface area (Å²) in [5.74, 6) is -0.126. The Labute approximate surface area is 78.3 Å². The topological polar surface area (TPSA) is 64.9 Å². The highest BCUT2D eigenvalue weighted by molar-refractivity contribution is 4.88. The summed E-state index contributed by atoms with van der Waals surface area (Å²) in [5.41, 5.74) is 5.22. The van der Waals surface area contributed by atoms with Gasteiger partial charge in [0, 0.05) is 6.42 Å². The Balaban J connectivity index is 2.51. The van der Waals surface area contributed by atoms with E-state index < -0.39 is 12.6 Å². The minimum absolute atomic E-state index is 0.203. The first kappa shape index (κ1) is 11.0. The molecule has 0 amide bonds. The highest BCUT2D eigenvalue weighted by Gasteiger charge is 2.30. The van der Waals surface area contributed by atoms with Gasteiger partial charge in [0.1, 0.15) is 6.42 Å². The number of hydrogen-bond acceptors (Lipinski definition) is 4. The summed E-state index contributed by atoms with van der Waals surface area (Å²) in [5, 5.41) is 3.21. The zero-order valence-electron chi connectivity index (χ0n) is 7.34. The van der Waals surface area contributed by atoms with Crippen LogP contribution in [0, 0.1) is 0 Å². The van der Waals surface area contributed by atoms with Crippen LogP contribution < -0.4 is 5.73 Å². The van der Waals surface area contributed by atoms with E-state index in [0.717, 1.165) is 0 Å². The van der Waals surface area contributed by atoms with E-state index in [-0.39, 0.29) is 11.7 Å². The second kappa shape index (κ2) is 4.41. The molecule has 80 valence electrons. The molecule has 0 aliphatic rings. The molecule has 1 heterocycles. The Kier molecular flexibility index (Phi) is 3.45. The van der Waals surface area contributed by atoms with Crippen LogP contribution >= 0.6 is 0 Å². The van der Waals surface area contributed by atoms with Crippen LogP contribution in [0.5, 0.6) is 0 Å². The third-order valence-electron chi connectivity index (χ3n) is 1.46. The van der Waals surface area contributed by atoms with Gasteiger partial charge in [-0.15, -0.1) is 0 Å². The molecule has 0 aliphatic carbocycles. The van der Waals surface area contributed by atoms with Crippen LogP contribution in [0.3, 0.4) is 0 Å². The van der Waals surface area contributed by atoms with Crippen molar-refractivity contribution in [2.75, 3.05) is 6.54 Å². The average Bonchev–Trinajstić information content (AvgIpc) is 2.46. The van der Waals surface area contributed by atoms with Gasteiger partial charge in [-0.05, 0) is 13.0 Å². The molecule has 1 aromatic rings. The van der Waals surface area contributed by atoms with Crippen LogP contribution in [0.1, 0.15) is 18.1 Å². The number of nitrogens with two attached hydrogens (primary N) is 1. The van der Waals surface area contributed by atoms with Crippen molar-refractivity contribution >= 4 is 0 Å². The normalized spacial score (nSPS) is 12.0. The van der Waals surface area contributed by atoms with Crippen LogP contribution in [0.25, 0.3) is 0 Å².